The van der Waals surface area contributed by atoms with Crippen LogP contribution in [0.15, 0.2) is 23.3 Å². The Hall–Kier alpha value is -1.62. The van der Waals surface area contributed by atoms with E-state index in [2.05, 4.69) is 24.3 Å². The number of nitrogens with zero attached hydrogens (tertiary/aromatic N) is 3. The second-order valence-electron chi connectivity index (χ2n) is 5.15. The third-order valence-corrected chi connectivity index (χ3v) is 3.82. The highest BCUT2D eigenvalue weighted by Crippen LogP contribution is 2.09. The molecule has 2 heterocycles. The molecule has 0 aliphatic rings. The van der Waals surface area contributed by atoms with Crippen molar-refractivity contribution in [1.82, 2.24) is 19.5 Å². The Balaban J connectivity index is 2.35. The van der Waals surface area contributed by atoms with Gasteiger partial charge in [0.1, 0.15) is 5.52 Å². The Morgan fingerprint density at radius 3 is 2.79 bits per heavy atom. The molecule has 5 nitrogen and oxygen atoms in total. The highest BCUT2D eigenvalue weighted by atomic mass is 16.1. The zero-order chi connectivity index (χ0) is 14.0. The van der Waals surface area contributed by atoms with E-state index in [4.69, 9.17) is 0 Å². The van der Waals surface area contributed by atoms with Crippen LogP contribution in [0, 0.1) is 12.8 Å². The zero-order valence-electron chi connectivity index (χ0n) is 12.1. The molecule has 2 aromatic rings. The summed E-state index contributed by atoms with van der Waals surface area (Å²) in [7, 11) is 1.95. The fourth-order valence-corrected chi connectivity index (χ4v) is 2.34. The molecule has 5 heteroatoms. The van der Waals surface area contributed by atoms with Crippen molar-refractivity contribution in [3.63, 3.8) is 0 Å². The van der Waals surface area contributed by atoms with Crippen LogP contribution in [-0.4, -0.2) is 27.3 Å². The molecule has 2 rings (SSSR count). The van der Waals surface area contributed by atoms with Gasteiger partial charge in [-0.05, 0) is 26.0 Å². The summed E-state index contributed by atoms with van der Waals surface area (Å²) in [5.41, 5.74) is 1.52. The highest BCUT2D eigenvalue weighted by molar-refractivity contribution is 5.44. The van der Waals surface area contributed by atoms with Crippen molar-refractivity contribution in [1.29, 1.82) is 0 Å². The quantitative estimate of drug-likeness (QED) is 0.887. The van der Waals surface area contributed by atoms with E-state index >= 15 is 0 Å². The second-order valence-corrected chi connectivity index (χ2v) is 5.15. The van der Waals surface area contributed by atoms with Crippen LogP contribution in [-0.2, 0) is 6.54 Å². The van der Waals surface area contributed by atoms with Gasteiger partial charge in [-0.15, -0.1) is 0 Å². The summed E-state index contributed by atoms with van der Waals surface area (Å²) in [4.78, 5) is 12.4. The van der Waals surface area contributed by atoms with E-state index in [9.17, 15) is 4.79 Å². The minimum atomic E-state index is 0.0200. The molecule has 2 atom stereocenters. The van der Waals surface area contributed by atoms with E-state index in [0.717, 1.165) is 12.1 Å². The third kappa shape index (κ3) is 2.71. The number of aryl methyl sites for hydroxylation is 1. The van der Waals surface area contributed by atoms with Gasteiger partial charge < -0.3 is 9.88 Å². The number of aromatic nitrogens is 3. The Kier molecular flexibility index (Phi) is 4.04. The monoisotopic (exact) mass is 262 g/mol. The van der Waals surface area contributed by atoms with Gasteiger partial charge in [0.25, 0.3) is 5.56 Å². The molecular weight excluding hydrogens is 240 g/mol. The van der Waals surface area contributed by atoms with Gasteiger partial charge in [0.15, 0.2) is 0 Å². The summed E-state index contributed by atoms with van der Waals surface area (Å²) in [5.74, 6) is 0.528. The molecule has 0 aliphatic heterocycles. The summed E-state index contributed by atoms with van der Waals surface area (Å²) < 4.78 is 3.41. The van der Waals surface area contributed by atoms with Gasteiger partial charge >= 0.3 is 0 Å². The minimum Gasteiger partial charge on any atom is -0.315 e. The number of likely N-dealkylation sites (N-methyl/N-ethyl adjacent to an activating group) is 1. The number of fused-ring (bicyclic) bond motifs is 1. The summed E-state index contributed by atoms with van der Waals surface area (Å²) in [6, 6.07) is 2.13. The molecule has 104 valence electrons. The number of hydrogen-bond donors (Lipinski definition) is 1. The maximum atomic E-state index is 12.4. The lowest BCUT2D eigenvalue weighted by molar-refractivity contribution is 0.344. The van der Waals surface area contributed by atoms with Crippen LogP contribution in [0.2, 0.25) is 0 Å². The summed E-state index contributed by atoms with van der Waals surface area (Å²) in [6.45, 7) is 6.95. The number of nitrogens with one attached hydrogen (secondary N) is 1. The van der Waals surface area contributed by atoms with E-state index in [-0.39, 0.29) is 5.56 Å². The molecule has 0 aromatic carbocycles. The lowest BCUT2D eigenvalue weighted by Crippen LogP contribution is -2.39. The van der Waals surface area contributed by atoms with E-state index in [1.807, 2.05) is 32.4 Å². The van der Waals surface area contributed by atoms with Gasteiger partial charge in [0, 0.05) is 25.0 Å². The lowest BCUT2D eigenvalue weighted by atomic mass is 9.99. The van der Waals surface area contributed by atoms with Gasteiger partial charge in [-0.25, -0.2) is 4.52 Å². The molecule has 2 aromatic heterocycles. The highest BCUT2D eigenvalue weighted by Gasteiger charge is 2.15. The van der Waals surface area contributed by atoms with Gasteiger partial charge in [0.2, 0.25) is 0 Å². The molecular formula is C14H22N4O. The zero-order valence-corrected chi connectivity index (χ0v) is 12.1. The van der Waals surface area contributed by atoms with Gasteiger partial charge in [-0.1, -0.05) is 20.3 Å². The Bertz CT molecular complexity index is 613. The maximum Gasteiger partial charge on any atom is 0.276 e. The van der Waals surface area contributed by atoms with Crippen molar-refractivity contribution in [3.8, 4) is 0 Å². The van der Waals surface area contributed by atoms with Crippen LogP contribution in [0.25, 0.3) is 5.52 Å². The first-order chi connectivity index (χ1) is 9.06. The molecule has 2 unspecified atom stereocenters. The topological polar surface area (TPSA) is 51.3 Å². The third-order valence-electron chi connectivity index (χ3n) is 3.82. The van der Waals surface area contributed by atoms with Gasteiger partial charge in [-0.3, -0.25) is 4.79 Å². The average molecular weight is 262 g/mol. The fraction of sp³-hybridized carbons (Fsp3) is 0.571. The van der Waals surface area contributed by atoms with Crippen molar-refractivity contribution in [2.75, 3.05) is 7.05 Å². The molecule has 0 amide bonds. The van der Waals surface area contributed by atoms with E-state index in [0.29, 0.717) is 24.0 Å². The first-order valence-corrected chi connectivity index (χ1v) is 6.79. The summed E-state index contributed by atoms with van der Waals surface area (Å²) >= 11 is 0. The standard InChI is InChI=1S/C14H22N4O/c1-5-10(2)12(15-4)9-17-6-7-18-13(14(17)19)8-11(3)16-18/h6-8,10,12,15H,5,9H2,1-4H3. The Morgan fingerprint density at radius 1 is 1.42 bits per heavy atom. The van der Waals surface area contributed by atoms with E-state index in [1.165, 1.54) is 0 Å². The Morgan fingerprint density at radius 2 is 2.16 bits per heavy atom. The molecule has 1 N–H and O–H groups in total. The molecule has 0 spiro atoms. The maximum absolute atomic E-state index is 12.4. The van der Waals surface area contributed by atoms with Crippen molar-refractivity contribution < 1.29 is 0 Å². The van der Waals surface area contributed by atoms with Crippen LogP contribution in [0.5, 0.6) is 0 Å². The van der Waals surface area contributed by atoms with Crippen LogP contribution in [0.4, 0.5) is 0 Å². The fourth-order valence-electron chi connectivity index (χ4n) is 2.34. The second kappa shape index (κ2) is 5.57. The van der Waals surface area contributed by atoms with E-state index < -0.39 is 0 Å². The normalized spacial score (nSPS) is 14.7. The van der Waals surface area contributed by atoms with Crippen LogP contribution < -0.4 is 10.9 Å². The van der Waals surface area contributed by atoms with Crippen LogP contribution in [0.3, 0.4) is 0 Å². The average Bonchev–Trinajstić information content (AvgIpc) is 2.79. The van der Waals surface area contributed by atoms with Crippen molar-refractivity contribution in [2.24, 2.45) is 5.92 Å². The first kappa shape index (κ1) is 13.8. The van der Waals surface area contributed by atoms with Crippen LogP contribution >= 0.6 is 0 Å². The predicted octanol–water partition coefficient (Wildman–Crippen LogP) is 1.44. The van der Waals surface area contributed by atoms with Crippen molar-refractivity contribution in [3.05, 3.63) is 34.5 Å². The van der Waals surface area contributed by atoms with Gasteiger partial charge in [-0.2, -0.15) is 5.10 Å². The largest absolute Gasteiger partial charge is 0.315 e. The van der Waals surface area contributed by atoms with Gasteiger partial charge in [0.05, 0.1) is 5.69 Å². The van der Waals surface area contributed by atoms with E-state index in [1.54, 1.807) is 9.08 Å². The molecule has 0 bridgehead atoms. The molecule has 0 fully saturated rings. The molecule has 19 heavy (non-hydrogen) atoms. The predicted molar refractivity (Wildman–Crippen MR) is 76.5 cm³/mol. The molecule has 0 saturated heterocycles. The first-order valence-electron chi connectivity index (χ1n) is 6.79. The smallest absolute Gasteiger partial charge is 0.276 e. The molecule has 0 radical (unpaired) electrons. The number of hydrogen-bond acceptors (Lipinski definition) is 3. The van der Waals surface area contributed by atoms with Crippen molar-refractivity contribution in [2.45, 2.75) is 39.8 Å². The molecule has 0 saturated carbocycles. The summed E-state index contributed by atoms with van der Waals surface area (Å²) in [5, 5.41) is 7.55. The molecule has 0 aliphatic carbocycles. The van der Waals surface area contributed by atoms with Crippen molar-refractivity contribution >= 4 is 5.52 Å². The lowest BCUT2D eigenvalue weighted by Gasteiger charge is -2.23. The SMILES string of the molecule is CCC(C)C(Cn1ccn2nc(C)cc2c1=O)NC. The minimum absolute atomic E-state index is 0.0200. The number of rotatable bonds is 5. The summed E-state index contributed by atoms with van der Waals surface area (Å²) in [6.07, 6.45) is 4.75. The Labute approximate surface area is 113 Å². The van der Waals surface area contributed by atoms with Crippen LogP contribution in [0.1, 0.15) is 26.0 Å².